The minimum Gasteiger partial charge on any atom is -0.304 e. The third-order valence-corrected chi connectivity index (χ3v) is 4.19. The normalized spacial score (nSPS) is 16.4. The van der Waals surface area contributed by atoms with E-state index in [0.29, 0.717) is 5.69 Å². The number of carbonyl (C=O) groups is 1. The van der Waals surface area contributed by atoms with Crippen molar-refractivity contribution in [2.75, 3.05) is 4.90 Å². The summed E-state index contributed by atoms with van der Waals surface area (Å²) in [6.07, 6.45) is 4.33. The third kappa shape index (κ3) is 2.30. The summed E-state index contributed by atoms with van der Waals surface area (Å²) in [6, 6.07) is 13.7. The van der Waals surface area contributed by atoms with E-state index in [9.17, 15) is 4.79 Å². The number of anilines is 1. The lowest BCUT2D eigenvalue weighted by atomic mass is 10.1. The molecule has 2 aromatic heterocycles. The van der Waals surface area contributed by atoms with E-state index < -0.39 is 0 Å². The fraction of sp³-hybridized carbons (Fsp3) is 0.167. The Labute approximate surface area is 134 Å². The molecule has 23 heavy (non-hydrogen) atoms. The largest absolute Gasteiger partial charge is 0.304 e. The van der Waals surface area contributed by atoms with Gasteiger partial charge in [0.05, 0.1) is 5.69 Å². The first-order valence-corrected chi connectivity index (χ1v) is 7.61. The number of rotatable bonds is 2. The molecule has 1 aliphatic rings. The Morgan fingerprint density at radius 1 is 1.26 bits per heavy atom. The topological polar surface area (TPSA) is 61.9 Å². The molecule has 0 saturated heterocycles. The lowest BCUT2D eigenvalue weighted by molar-refractivity contribution is 0.0976. The standard InChI is InChI=1S/C18H16N4O/c1-12-9-13-5-2-3-7-17(13)22(12)18(23)16-10-15(20-21-16)14-6-4-8-19-11-14/h2-8,10-12H,9H2,1H3,(H,20,21). The molecule has 1 aliphatic heterocycles. The van der Waals surface area contributed by atoms with Crippen LogP contribution in [-0.4, -0.2) is 27.1 Å². The molecule has 1 unspecified atom stereocenters. The van der Waals surface area contributed by atoms with Crippen LogP contribution in [-0.2, 0) is 6.42 Å². The number of carbonyl (C=O) groups excluding carboxylic acids is 1. The summed E-state index contributed by atoms with van der Waals surface area (Å²) >= 11 is 0. The van der Waals surface area contributed by atoms with Gasteiger partial charge in [0.2, 0.25) is 0 Å². The van der Waals surface area contributed by atoms with Gasteiger partial charge in [0.25, 0.3) is 5.91 Å². The molecule has 0 bridgehead atoms. The summed E-state index contributed by atoms with van der Waals surface area (Å²) in [7, 11) is 0. The number of amides is 1. The summed E-state index contributed by atoms with van der Waals surface area (Å²) in [6.45, 7) is 2.07. The summed E-state index contributed by atoms with van der Waals surface area (Å²) in [5.41, 5.74) is 4.30. The van der Waals surface area contributed by atoms with Gasteiger partial charge in [0.15, 0.2) is 0 Å². The zero-order valence-electron chi connectivity index (χ0n) is 12.7. The number of benzene rings is 1. The molecule has 0 fully saturated rings. The molecule has 0 radical (unpaired) electrons. The van der Waals surface area contributed by atoms with Crippen molar-refractivity contribution in [3.63, 3.8) is 0 Å². The van der Waals surface area contributed by atoms with E-state index in [1.54, 1.807) is 18.5 Å². The first-order chi connectivity index (χ1) is 11.2. The molecule has 0 spiro atoms. The SMILES string of the molecule is CC1Cc2ccccc2N1C(=O)c1cc(-c2cccnc2)n[nH]1. The minimum atomic E-state index is -0.0508. The number of para-hydroxylation sites is 1. The molecule has 1 atom stereocenters. The lowest BCUT2D eigenvalue weighted by Crippen LogP contribution is -2.35. The summed E-state index contributed by atoms with van der Waals surface area (Å²) in [4.78, 5) is 18.8. The molecule has 5 nitrogen and oxygen atoms in total. The van der Waals surface area contributed by atoms with E-state index >= 15 is 0 Å². The van der Waals surface area contributed by atoms with Gasteiger partial charge >= 0.3 is 0 Å². The molecule has 5 heteroatoms. The summed E-state index contributed by atoms with van der Waals surface area (Å²) < 4.78 is 0. The number of pyridine rings is 1. The van der Waals surface area contributed by atoms with E-state index in [-0.39, 0.29) is 11.9 Å². The number of fused-ring (bicyclic) bond motifs is 1. The number of aromatic amines is 1. The number of nitrogens with zero attached hydrogens (tertiary/aromatic N) is 3. The molecular weight excluding hydrogens is 288 g/mol. The number of hydrogen-bond acceptors (Lipinski definition) is 3. The third-order valence-electron chi connectivity index (χ3n) is 4.19. The van der Waals surface area contributed by atoms with Crippen LogP contribution in [0.5, 0.6) is 0 Å². The van der Waals surface area contributed by atoms with Crippen LogP contribution in [0, 0.1) is 0 Å². The molecule has 1 aromatic carbocycles. The Morgan fingerprint density at radius 2 is 2.13 bits per heavy atom. The fourth-order valence-electron chi connectivity index (χ4n) is 3.10. The van der Waals surface area contributed by atoms with Crippen molar-refractivity contribution >= 4 is 11.6 Å². The second-order valence-electron chi connectivity index (χ2n) is 5.77. The Balaban J connectivity index is 1.67. The van der Waals surface area contributed by atoms with Crippen LogP contribution in [0.25, 0.3) is 11.3 Å². The highest BCUT2D eigenvalue weighted by atomic mass is 16.2. The Kier molecular flexibility index (Phi) is 3.19. The van der Waals surface area contributed by atoms with Gasteiger partial charge < -0.3 is 4.90 Å². The maximum atomic E-state index is 12.9. The second kappa shape index (κ2) is 5.35. The number of nitrogens with one attached hydrogen (secondary N) is 1. The molecule has 1 N–H and O–H groups in total. The molecule has 114 valence electrons. The number of H-pyrrole nitrogens is 1. The van der Waals surface area contributed by atoms with Gasteiger partial charge in [-0.2, -0.15) is 5.10 Å². The predicted molar refractivity (Wildman–Crippen MR) is 88.2 cm³/mol. The van der Waals surface area contributed by atoms with Crippen LogP contribution >= 0.6 is 0 Å². The monoisotopic (exact) mass is 304 g/mol. The molecular formula is C18H16N4O. The number of aromatic nitrogens is 3. The van der Waals surface area contributed by atoms with E-state index in [1.807, 2.05) is 35.2 Å². The van der Waals surface area contributed by atoms with Gasteiger partial charge in [0, 0.05) is 29.7 Å². The van der Waals surface area contributed by atoms with Crippen molar-refractivity contribution in [3.8, 4) is 11.3 Å². The van der Waals surface area contributed by atoms with Crippen molar-refractivity contribution in [1.29, 1.82) is 0 Å². The average Bonchev–Trinajstić information content (AvgIpc) is 3.19. The van der Waals surface area contributed by atoms with Crippen molar-refractivity contribution in [3.05, 3.63) is 66.1 Å². The summed E-state index contributed by atoms with van der Waals surface area (Å²) in [5.74, 6) is -0.0508. The average molecular weight is 304 g/mol. The maximum Gasteiger partial charge on any atom is 0.276 e. The van der Waals surface area contributed by atoms with Gasteiger partial charge in [-0.3, -0.25) is 14.9 Å². The Hall–Kier alpha value is -2.95. The van der Waals surface area contributed by atoms with Crippen LogP contribution in [0.4, 0.5) is 5.69 Å². The summed E-state index contributed by atoms with van der Waals surface area (Å²) in [5, 5.41) is 7.11. The smallest absolute Gasteiger partial charge is 0.276 e. The Bertz CT molecular complexity index is 856. The van der Waals surface area contributed by atoms with Crippen molar-refractivity contribution in [2.24, 2.45) is 0 Å². The lowest BCUT2D eigenvalue weighted by Gasteiger charge is -2.21. The molecule has 0 aliphatic carbocycles. The van der Waals surface area contributed by atoms with Gasteiger partial charge in [-0.1, -0.05) is 18.2 Å². The fourth-order valence-corrected chi connectivity index (χ4v) is 3.10. The van der Waals surface area contributed by atoms with Crippen molar-refractivity contribution < 1.29 is 4.79 Å². The van der Waals surface area contributed by atoms with Crippen LogP contribution in [0.15, 0.2) is 54.9 Å². The predicted octanol–water partition coefficient (Wildman–Crippen LogP) is 3.06. The van der Waals surface area contributed by atoms with Gasteiger partial charge in [-0.05, 0) is 43.2 Å². The number of hydrogen-bond donors (Lipinski definition) is 1. The van der Waals surface area contributed by atoms with Gasteiger partial charge in [-0.15, -0.1) is 0 Å². The van der Waals surface area contributed by atoms with E-state index in [1.165, 1.54) is 5.56 Å². The highest BCUT2D eigenvalue weighted by Gasteiger charge is 2.32. The van der Waals surface area contributed by atoms with Crippen molar-refractivity contribution in [2.45, 2.75) is 19.4 Å². The van der Waals surface area contributed by atoms with Crippen LogP contribution in [0.3, 0.4) is 0 Å². The molecule has 3 heterocycles. The minimum absolute atomic E-state index is 0.0508. The molecule has 1 amide bonds. The zero-order chi connectivity index (χ0) is 15.8. The molecule has 3 aromatic rings. The zero-order valence-corrected chi connectivity index (χ0v) is 12.7. The second-order valence-corrected chi connectivity index (χ2v) is 5.77. The van der Waals surface area contributed by atoms with E-state index in [2.05, 4.69) is 28.2 Å². The molecule has 4 rings (SSSR count). The van der Waals surface area contributed by atoms with Gasteiger partial charge in [-0.25, -0.2) is 0 Å². The van der Waals surface area contributed by atoms with E-state index in [4.69, 9.17) is 0 Å². The maximum absolute atomic E-state index is 12.9. The highest BCUT2D eigenvalue weighted by Crippen LogP contribution is 2.33. The highest BCUT2D eigenvalue weighted by molar-refractivity contribution is 6.07. The van der Waals surface area contributed by atoms with Gasteiger partial charge in [0.1, 0.15) is 5.69 Å². The van der Waals surface area contributed by atoms with Crippen LogP contribution < -0.4 is 4.90 Å². The molecule has 0 saturated carbocycles. The first kappa shape index (κ1) is 13.7. The van der Waals surface area contributed by atoms with E-state index in [0.717, 1.165) is 23.4 Å². The Morgan fingerprint density at radius 3 is 2.96 bits per heavy atom. The van der Waals surface area contributed by atoms with Crippen molar-refractivity contribution in [1.82, 2.24) is 15.2 Å². The van der Waals surface area contributed by atoms with Crippen LogP contribution in [0.2, 0.25) is 0 Å². The quantitative estimate of drug-likeness (QED) is 0.791. The van der Waals surface area contributed by atoms with Crippen LogP contribution in [0.1, 0.15) is 23.0 Å². The first-order valence-electron chi connectivity index (χ1n) is 7.61.